The highest BCUT2D eigenvalue weighted by atomic mass is 16.5. The normalized spacial score (nSPS) is 21.0. The Hall–Kier alpha value is -1.30. The van der Waals surface area contributed by atoms with Crippen LogP contribution in [0.4, 0.5) is 0 Å². The van der Waals surface area contributed by atoms with E-state index < -0.39 is 0 Å². The van der Waals surface area contributed by atoms with Crippen molar-refractivity contribution < 1.29 is 14.2 Å². The van der Waals surface area contributed by atoms with Gasteiger partial charge in [0.2, 0.25) is 0 Å². The van der Waals surface area contributed by atoms with Crippen LogP contribution in [0.1, 0.15) is 24.9 Å². The van der Waals surface area contributed by atoms with Crippen LogP contribution in [0.25, 0.3) is 0 Å². The molecule has 1 saturated heterocycles. The van der Waals surface area contributed by atoms with E-state index in [-0.39, 0.29) is 6.04 Å². The molecule has 1 aliphatic heterocycles. The smallest absolute Gasteiger partial charge is 0.127 e. The quantitative estimate of drug-likeness (QED) is 0.867. The summed E-state index contributed by atoms with van der Waals surface area (Å²) in [5.41, 5.74) is 7.19. The summed E-state index contributed by atoms with van der Waals surface area (Å²) < 4.78 is 16.4. The molecule has 118 valence electrons. The van der Waals surface area contributed by atoms with Gasteiger partial charge in [0.05, 0.1) is 33.5 Å². The standard InChI is InChI=1S/C16H26N2O3/c1-4-12-11-21-8-7-18(12)15(10-17)14-6-5-13(19-2)9-16(14)20-3/h5-6,9,12,15H,4,7-8,10-11,17H2,1-3H3. The molecule has 0 aliphatic carbocycles. The Morgan fingerprint density at radius 1 is 1.38 bits per heavy atom. The zero-order valence-electron chi connectivity index (χ0n) is 13.2. The minimum Gasteiger partial charge on any atom is -0.497 e. The van der Waals surface area contributed by atoms with Crippen LogP contribution < -0.4 is 15.2 Å². The number of ether oxygens (including phenoxy) is 3. The summed E-state index contributed by atoms with van der Waals surface area (Å²) in [6.07, 6.45) is 1.05. The highest BCUT2D eigenvalue weighted by Gasteiger charge is 2.30. The molecule has 0 radical (unpaired) electrons. The van der Waals surface area contributed by atoms with Crippen molar-refractivity contribution in [1.82, 2.24) is 4.90 Å². The lowest BCUT2D eigenvalue weighted by molar-refractivity contribution is -0.0294. The molecule has 1 aromatic rings. The second-order valence-corrected chi connectivity index (χ2v) is 5.23. The van der Waals surface area contributed by atoms with Gasteiger partial charge in [0.25, 0.3) is 0 Å². The Bertz CT molecular complexity index is 453. The van der Waals surface area contributed by atoms with E-state index in [0.717, 1.165) is 43.2 Å². The minimum atomic E-state index is 0.139. The number of nitrogens with zero attached hydrogens (tertiary/aromatic N) is 1. The van der Waals surface area contributed by atoms with Gasteiger partial charge in [-0.15, -0.1) is 0 Å². The maximum absolute atomic E-state index is 6.08. The Morgan fingerprint density at radius 2 is 2.19 bits per heavy atom. The average Bonchev–Trinajstić information content (AvgIpc) is 2.56. The van der Waals surface area contributed by atoms with Crippen molar-refractivity contribution >= 4 is 0 Å². The van der Waals surface area contributed by atoms with Crippen molar-refractivity contribution in [1.29, 1.82) is 0 Å². The molecule has 0 spiro atoms. The molecule has 0 aromatic heterocycles. The predicted octanol–water partition coefficient (Wildman–Crippen LogP) is 1.81. The molecule has 1 aromatic carbocycles. The lowest BCUT2D eigenvalue weighted by Crippen LogP contribution is -2.48. The fourth-order valence-corrected chi connectivity index (χ4v) is 2.97. The summed E-state index contributed by atoms with van der Waals surface area (Å²) in [5, 5.41) is 0. The summed E-state index contributed by atoms with van der Waals surface area (Å²) >= 11 is 0. The SMILES string of the molecule is CCC1COCCN1C(CN)c1ccc(OC)cc1OC. The van der Waals surface area contributed by atoms with Gasteiger partial charge < -0.3 is 19.9 Å². The number of morpholine rings is 1. The molecule has 2 atom stereocenters. The summed E-state index contributed by atoms with van der Waals surface area (Å²) in [5.74, 6) is 1.62. The molecule has 0 amide bonds. The first-order chi connectivity index (χ1) is 10.2. The van der Waals surface area contributed by atoms with Crippen molar-refractivity contribution in [3.05, 3.63) is 23.8 Å². The van der Waals surface area contributed by atoms with Gasteiger partial charge >= 0.3 is 0 Å². The average molecular weight is 294 g/mol. The summed E-state index contributed by atoms with van der Waals surface area (Å²) in [4.78, 5) is 2.44. The Balaban J connectivity index is 2.31. The Kier molecular flexibility index (Phi) is 5.85. The van der Waals surface area contributed by atoms with E-state index >= 15 is 0 Å². The molecule has 1 heterocycles. The van der Waals surface area contributed by atoms with Crippen LogP contribution in [0.5, 0.6) is 11.5 Å². The van der Waals surface area contributed by atoms with Gasteiger partial charge in [-0.25, -0.2) is 0 Å². The molecular weight excluding hydrogens is 268 g/mol. The van der Waals surface area contributed by atoms with E-state index in [1.54, 1.807) is 14.2 Å². The summed E-state index contributed by atoms with van der Waals surface area (Å²) in [7, 11) is 3.34. The van der Waals surface area contributed by atoms with E-state index in [1.165, 1.54) is 0 Å². The molecule has 1 fully saturated rings. The number of hydrogen-bond acceptors (Lipinski definition) is 5. The van der Waals surface area contributed by atoms with Gasteiger partial charge in [0.1, 0.15) is 11.5 Å². The highest BCUT2D eigenvalue weighted by molar-refractivity contribution is 5.42. The number of rotatable bonds is 6. The maximum Gasteiger partial charge on any atom is 0.127 e. The van der Waals surface area contributed by atoms with Crippen molar-refractivity contribution in [2.24, 2.45) is 5.73 Å². The van der Waals surface area contributed by atoms with Gasteiger partial charge in [0.15, 0.2) is 0 Å². The summed E-state index contributed by atoms with van der Waals surface area (Å²) in [6, 6.07) is 6.47. The third kappa shape index (κ3) is 3.48. The van der Waals surface area contributed by atoms with Crippen LogP contribution in [0.2, 0.25) is 0 Å². The second kappa shape index (κ2) is 7.64. The van der Waals surface area contributed by atoms with E-state index in [9.17, 15) is 0 Å². The van der Waals surface area contributed by atoms with Crippen molar-refractivity contribution in [2.75, 3.05) is 40.5 Å². The molecular formula is C16H26N2O3. The van der Waals surface area contributed by atoms with Crippen LogP contribution in [-0.4, -0.2) is 51.5 Å². The van der Waals surface area contributed by atoms with Crippen LogP contribution in [0, 0.1) is 0 Å². The van der Waals surface area contributed by atoms with Gasteiger partial charge in [-0.05, 0) is 12.5 Å². The zero-order chi connectivity index (χ0) is 15.2. The topological polar surface area (TPSA) is 57.0 Å². The van der Waals surface area contributed by atoms with Crippen LogP contribution >= 0.6 is 0 Å². The first-order valence-corrected chi connectivity index (χ1v) is 7.50. The molecule has 5 nitrogen and oxygen atoms in total. The van der Waals surface area contributed by atoms with Gasteiger partial charge in [-0.1, -0.05) is 13.0 Å². The Morgan fingerprint density at radius 3 is 2.81 bits per heavy atom. The van der Waals surface area contributed by atoms with Crippen molar-refractivity contribution in [3.63, 3.8) is 0 Å². The largest absolute Gasteiger partial charge is 0.497 e. The monoisotopic (exact) mass is 294 g/mol. The molecule has 5 heteroatoms. The van der Waals surface area contributed by atoms with Crippen LogP contribution in [0.3, 0.4) is 0 Å². The number of hydrogen-bond donors (Lipinski definition) is 1. The first-order valence-electron chi connectivity index (χ1n) is 7.50. The second-order valence-electron chi connectivity index (χ2n) is 5.23. The fourth-order valence-electron chi connectivity index (χ4n) is 2.97. The van der Waals surface area contributed by atoms with E-state index in [0.29, 0.717) is 12.6 Å². The molecule has 1 aliphatic rings. The van der Waals surface area contributed by atoms with Gasteiger partial charge in [-0.2, -0.15) is 0 Å². The third-order valence-electron chi connectivity index (χ3n) is 4.17. The molecule has 21 heavy (non-hydrogen) atoms. The van der Waals surface area contributed by atoms with Crippen LogP contribution in [-0.2, 0) is 4.74 Å². The van der Waals surface area contributed by atoms with Crippen LogP contribution in [0.15, 0.2) is 18.2 Å². The first kappa shape index (κ1) is 16.1. The molecule has 0 saturated carbocycles. The van der Waals surface area contributed by atoms with Gasteiger partial charge in [-0.3, -0.25) is 4.90 Å². The lowest BCUT2D eigenvalue weighted by Gasteiger charge is -2.40. The number of benzene rings is 1. The van der Waals surface area contributed by atoms with Crippen molar-refractivity contribution in [3.8, 4) is 11.5 Å². The Labute approximate surface area is 127 Å². The number of methoxy groups -OCH3 is 2. The summed E-state index contributed by atoms with van der Waals surface area (Å²) in [6.45, 7) is 5.16. The fraction of sp³-hybridized carbons (Fsp3) is 0.625. The molecule has 2 unspecified atom stereocenters. The van der Waals surface area contributed by atoms with Gasteiger partial charge in [0, 0.05) is 30.8 Å². The molecule has 0 bridgehead atoms. The molecule has 2 N–H and O–H groups in total. The van der Waals surface area contributed by atoms with E-state index in [1.807, 2.05) is 12.1 Å². The van der Waals surface area contributed by atoms with Crippen molar-refractivity contribution in [2.45, 2.75) is 25.4 Å². The molecule has 2 rings (SSSR count). The third-order valence-corrected chi connectivity index (χ3v) is 4.17. The highest BCUT2D eigenvalue weighted by Crippen LogP contribution is 2.34. The lowest BCUT2D eigenvalue weighted by atomic mass is 10.00. The minimum absolute atomic E-state index is 0.139. The van der Waals surface area contributed by atoms with E-state index in [2.05, 4.69) is 17.9 Å². The zero-order valence-corrected chi connectivity index (χ0v) is 13.2. The van der Waals surface area contributed by atoms with E-state index in [4.69, 9.17) is 19.9 Å². The maximum atomic E-state index is 6.08. The number of nitrogens with two attached hydrogens (primary N) is 1. The predicted molar refractivity (Wildman–Crippen MR) is 82.9 cm³/mol.